The second-order valence-corrected chi connectivity index (χ2v) is 9.47. The Morgan fingerprint density at radius 3 is 2.34 bits per heavy atom. The summed E-state index contributed by atoms with van der Waals surface area (Å²) < 4.78 is 20.7. The number of carboxylic acids is 1. The molecule has 1 saturated carbocycles. The molecule has 182 valence electrons. The van der Waals surface area contributed by atoms with Gasteiger partial charge < -0.3 is 15.2 Å². The van der Waals surface area contributed by atoms with Crippen LogP contribution in [0.5, 0.6) is 5.75 Å². The molecule has 0 unspecified atom stereocenters. The van der Waals surface area contributed by atoms with Gasteiger partial charge in [0.05, 0.1) is 28.3 Å². The minimum absolute atomic E-state index is 0.0275. The molecule has 0 spiro atoms. The highest BCUT2D eigenvalue weighted by Crippen LogP contribution is 2.52. The number of hydrogen-bond acceptors (Lipinski definition) is 3. The number of amides is 1. The zero-order valence-corrected chi connectivity index (χ0v) is 20.7. The van der Waals surface area contributed by atoms with Crippen LogP contribution in [0.15, 0.2) is 48.5 Å². The molecule has 8 heteroatoms. The van der Waals surface area contributed by atoms with E-state index in [1.807, 2.05) is 30.3 Å². The van der Waals surface area contributed by atoms with Crippen LogP contribution in [0.2, 0.25) is 10.0 Å². The highest BCUT2D eigenvalue weighted by atomic mass is 35.5. The van der Waals surface area contributed by atoms with E-state index in [-0.39, 0.29) is 21.7 Å². The Labute approximate surface area is 212 Å². The van der Waals surface area contributed by atoms with Crippen molar-refractivity contribution in [2.75, 3.05) is 11.9 Å². The van der Waals surface area contributed by atoms with Gasteiger partial charge in [0.1, 0.15) is 5.75 Å². The third-order valence-corrected chi connectivity index (χ3v) is 7.02. The van der Waals surface area contributed by atoms with Crippen molar-refractivity contribution < 1.29 is 23.8 Å². The van der Waals surface area contributed by atoms with E-state index in [9.17, 15) is 19.1 Å². The van der Waals surface area contributed by atoms with Crippen molar-refractivity contribution in [1.29, 1.82) is 0 Å². The van der Waals surface area contributed by atoms with E-state index >= 15 is 0 Å². The number of carbonyl (C=O) groups is 2. The van der Waals surface area contributed by atoms with E-state index in [4.69, 9.17) is 27.9 Å². The second kappa shape index (κ2) is 10.3. The van der Waals surface area contributed by atoms with Gasteiger partial charge in [0.2, 0.25) is 0 Å². The summed E-state index contributed by atoms with van der Waals surface area (Å²) in [5.41, 5.74) is 3.17. The Balaban J connectivity index is 1.51. The number of hydrogen-bond donors (Lipinski definition) is 2. The van der Waals surface area contributed by atoms with Gasteiger partial charge in [-0.25, -0.2) is 4.39 Å². The molecule has 1 aliphatic rings. The van der Waals surface area contributed by atoms with Gasteiger partial charge in [-0.1, -0.05) is 53.5 Å². The summed E-state index contributed by atoms with van der Waals surface area (Å²) in [7, 11) is 0. The third kappa shape index (κ3) is 5.44. The van der Waals surface area contributed by atoms with Gasteiger partial charge in [-0.05, 0) is 66.6 Å². The summed E-state index contributed by atoms with van der Waals surface area (Å²) in [5.74, 6) is -2.65. The highest BCUT2D eigenvalue weighted by Gasteiger charge is 2.46. The van der Waals surface area contributed by atoms with Crippen LogP contribution in [0.3, 0.4) is 0 Å². The lowest BCUT2D eigenvalue weighted by molar-refractivity contribution is -0.138. The van der Waals surface area contributed by atoms with Gasteiger partial charge in [0, 0.05) is 12.0 Å². The normalized spacial score (nSPS) is 16.6. The van der Waals surface area contributed by atoms with Crippen LogP contribution in [0.4, 0.5) is 10.1 Å². The molecular weight excluding hydrogens is 492 g/mol. The first-order valence-corrected chi connectivity index (χ1v) is 11.9. The summed E-state index contributed by atoms with van der Waals surface area (Å²) >= 11 is 12.3. The maximum atomic E-state index is 14.8. The van der Waals surface area contributed by atoms with E-state index in [0.717, 1.165) is 6.42 Å². The molecular formula is C27H24Cl2FNO4. The number of halogens is 3. The summed E-state index contributed by atoms with van der Waals surface area (Å²) in [6, 6.07) is 14.9. The van der Waals surface area contributed by atoms with Gasteiger partial charge in [-0.3, -0.25) is 9.59 Å². The summed E-state index contributed by atoms with van der Waals surface area (Å²) in [4.78, 5) is 24.4. The molecule has 0 aliphatic heterocycles. The molecule has 4 rings (SSSR count). The van der Waals surface area contributed by atoms with E-state index in [0.29, 0.717) is 41.0 Å². The number of benzene rings is 3. The number of carbonyl (C=O) groups excluding carboxylic acids is 1. The molecule has 0 heterocycles. The number of anilines is 1. The molecule has 3 aromatic rings. The Morgan fingerprint density at radius 1 is 1.09 bits per heavy atom. The van der Waals surface area contributed by atoms with Crippen LogP contribution < -0.4 is 10.1 Å². The lowest BCUT2D eigenvalue weighted by atomic mass is 10.0. The molecule has 35 heavy (non-hydrogen) atoms. The van der Waals surface area contributed by atoms with E-state index in [2.05, 4.69) is 5.32 Å². The number of ether oxygens (including phenoxy) is 1. The Kier molecular flexibility index (Phi) is 7.33. The van der Waals surface area contributed by atoms with Crippen molar-refractivity contribution in [1.82, 2.24) is 0 Å². The fourth-order valence-electron chi connectivity index (χ4n) is 4.28. The van der Waals surface area contributed by atoms with Crippen molar-refractivity contribution in [2.24, 2.45) is 5.92 Å². The quantitative estimate of drug-likeness (QED) is 0.323. The summed E-state index contributed by atoms with van der Waals surface area (Å²) in [6.45, 7) is 4.05. The Morgan fingerprint density at radius 2 is 1.74 bits per heavy atom. The number of aryl methyl sites for hydroxylation is 2. The molecule has 5 nitrogen and oxygen atoms in total. The van der Waals surface area contributed by atoms with Crippen LogP contribution in [0.25, 0.3) is 0 Å². The largest absolute Gasteiger partial charge is 0.493 e. The number of aliphatic carboxylic acids is 1. The number of rotatable bonds is 8. The molecule has 3 aromatic carbocycles. The van der Waals surface area contributed by atoms with Crippen LogP contribution in [-0.2, 0) is 11.2 Å². The van der Waals surface area contributed by atoms with E-state index in [1.165, 1.54) is 11.6 Å². The maximum absolute atomic E-state index is 14.8. The SMILES string of the molecule is Cc1cc(OCCc2ccccc2)cc(C)c1C(=O)Nc1cc([C@H]2C[C@H]2C(=O)O)c(Cl)c(Cl)c1F. The van der Waals surface area contributed by atoms with Gasteiger partial charge in [0.15, 0.2) is 5.82 Å². The standard InChI is InChI=1S/C27H24Cl2FNO4/c1-14-10-17(35-9-8-16-6-4-3-5-7-16)11-15(2)22(14)26(32)31-21-13-19(18-12-20(18)27(33)34)23(28)24(29)25(21)30/h3-7,10-11,13,18,20H,8-9,12H2,1-2H3,(H,31,32)(H,33,34)/t18-,20-/m1/s1. The molecule has 0 bridgehead atoms. The first-order valence-electron chi connectivity index (χ1n) is 11.2. The maximum Gasteiger partial charge on any atom is 0.307 e. The Hall–Kier alpha value is -3.09. The van der Waals surface area contributed by atoms with Gasteiger partial charge in [-0.2, -0.15) is 0 Å². The van der Waals surface area contributed by atoms with Crippen LogP contribution in [0.1, 0.15) is 45.0 Å². The number of nitrogens with one attached hydrogen (secondary N) is 1. The lowest BCUT2D eigenvalue weighted by Gasteiger charge is -2.16. The average molecular weight is 516 g/mol. The van der Waals surface area contributed by atoms with Crippen molar-refractivity contribution in [2.45, 2.75) is 32.6 Å². The predicted molar refractivity (Wildman–Crippen MR) is 134 cm³/mol. The molecule has 0 aromatic heterocycles. The van der Waals surface area contributed by atoms with Crippen molar-refractivity contribution in [3.8, 4) is 5.75 Å². The molecule has 1 fully saturated rings. The zero-order valence-electron chi connectivity index (χ0n) is 19.2. The fraction of sp³-hybridized carbons (Fsp3) is 0.259. The smallest absolute Gasteiger partial charge is 0.307 e. The van der Waals surface area contributed by atoms with Crippen LogP contribution >= 0.6 is 23.2 Å². The predicted octanol–water partition coefficient (Wildman–Crippen LogP) is 6.81. The third-order valence-electron chi connectivity index (χ3n) is 6.17. The molecule has 2 atom stereocenters. The molecule has 1 amide bonds. The minimum Gasteiger partial charge on any atom is -0.493 e. The van der Waals surface area contributed by atoms with Crippen molar-refractivity contribution >= 4 is 40.8 Å². The average Bonchev–Trinajstić information content (AvgIpc) is 3.61. The van der Waals surface area contributed by atoms with Crippen LogP contribution in [0, 0.1) is 25.6 Å². The molecule has 2 N–H and O–H groups in total. The topological polar surface area (TPSA) is 75.6 Å². The summed E-state index contributed by atoms with van der Waals surface area (Å²) in [6.07, 6.45) is 1.14. The highest BCUT2D eigenvalue weighted by molar-refractivity contribution is 6.43. The first-order chi connectivity index (χ1) is 16.7. The number of carboxylic acid groups (broad SMARTS) is 1. The van der Waals surface area contributed by atoms with Crippen molar-refractivity contribution in [3.05, 3.63) is 92.2 Å². The molecule has 0 saturated heterocycles. The second-order valence-electron chi connectivity index (χ2n) is 8.71. The summed E-state index contributed by atoms with van der Waals surface area (Å²) in [5, 5.41) is 11.4. The van der Waals surface area contributed by atoms with E-state index < -0.39 is 23.6 Å². The van der Waals surface area contributed by atoms with E-state index in [1.54, 1.807) is 26.0 Å². The lowest BCUT2D eigenvalue weighted by Crippen LogP contribution is -2.17. The van der Waals surface area contributed by atoms with Crippen LogP contribution in [-0.4, -0.2) is 23.6 Å². The van der Waals surface area contributed by atoms with Crippen molar-refractivity contribution in [3.63, 3.8) is 0 Å². The fourth-order valence-corrected chi connectivity index (χ4v) is 4.77. The zero-order chi connectivity index (χ0) is 25.3. The van der Waals surface area contributed by atoms with Gasteiger partial charge in [-0.15, -0.1) is 0 Å². The van der Waals surface area contributed by atoms with Gasteiger partial charge >= 0.3 is 5.97 Å². The first kappa shape index (κ1) is 25.0. The van der Waals surface area contributed by atoms with Gasteiger partial charge in [0.25, 0.3) is 5.91 Å². The monoisotopic (exact) mass is 515 g/mol. The molecule has 0 radical (unpaired) electrons. The molecule has 1 aliphatic carbocycles. The minimum atomic E-state index is -0.950. The Bertz CT molecular complexity index is 1270.